The molecule has 2 aromatic rings. The molecule has 0 saturated heterocycles. The van der Waals surface area contributed by atoms with Gasteiger partial charge in [-0.3, -0.25) is 4.79 Å². The van der Waals surface area contributed by atoms with Crippen molar-refractivity contribution < 1.29 is 19.4 Å². The summed E-state index contributed by atoms with van der Waals surface area (Å²) in [4.78, 5) is 21.7. The molecule has 1 amide bonds. The second-order valence-corrected chi connectivity index (χ2v) is 7.96. The molecule has 0 bridgehead atoms. The number of hydrogen-bond donors (Lipinski definition) is 2. The van der Waals surface area contributed by atoms with Crippen LogP contribution in [-0.2, 0) is 16.0 Å². The minimum Gasteiger partial charge on any atom is -0.492 e. The van der Waals surface area contributed by atoms with Crippen LogP contribution in [0.1, 0.15) is 64.2 Å². The fourth-order valence-electron chi connectivity index (χ4n) is 3.10. The fraction of sp³-hybridized carbons (Fsp3) is 0.321. The Morgan fingerprint density at radius 1 is 1.12 bits per heavy atom. The molecule has 6 heteroatoms. The van der Waals surface area contributed by atoms with Gasteiger partial charge in [0.15, 0.2) is 0 Å². The number of benzene rings is 2. The lowest BCUT2D eigenvalue weighted by molar-refractivity contribution is -0.132. The summed E-state index contributed by atoms with van der Waals surface area (Å²) in [6.45, 7) is 18.8. The van der Waals surface area contributed by atoms with E-state index in [1.54, 1.807) is 6.92 Å². The number of aliphatic carboxylic acids is 1. The van der Waals surface area contributed by atoms with Gasteiger partial charge in [-0.25, -0.2) is 4.79 Å². The zero-order chi connectivity index (χ0) is 26.0. The molecule has 0 aliphatic carbocycles. The zero-order valence-electron chi connectivity index (χ0n) is 20.9. The molecule has 0 atom stereocenters. The Labute approximate surface area is 202 Å². The van der Waals surface area contributed by atoms with Gasteiger partial charge in [0.2, 0.25) is 0 Å². The van der Waals surface area contributed by atoms with Gasteiger partial charge < -0.3 is 15.2 Å². The van der Waals surface area contributed by atoms with Crippen molar-refractivity contribution in [3.63, 3.8) is 0 Å². The van der Waals surface area contributed by atoms with Crippen molar-refractivity contribution >= 4 is 17.6 Å². The van der Waals surface area contributed by atoms with E-state index >= 15 is 0 Å². The minimum atomic E-state index is -0.935. The summed E-state index contributed by atoms with van der Waals surface area (Å²) in [5, 5.41) is 20.3. The molecule has 0 spiro atoms. The molecular formula is C28H34N2O4. The van der Waals surface area contributed by atoms with Gasteiger partial charge in [-0.15, -0.1) is 0 Å². The molecule has 2 aromatic carbocycles. The Hall–Kier alpha value is -3.85. The summed E-state index contributed by atoms with van der Waals surface area (Å²) in [7, 11) is 0. The lowest BCUT2D eigenvalue weighted by Gasteiger charge is -2.15. The highest BCUT2D eigenvalue weighted by atomic mass is 16.5. The summed E-state index contributed by atoms with van der Waals surface area (Å²) >= 11 is 0. The Morgan fingerprint density at radius 2 is 1.68 bits per heavy atom. The van der Waals surface area contributed by atoms with E-state index in [4.69, 9.17) is 9.84 Å². The van der Waals surface area contributed by atoms with Crippen molar-refractivity contribution in [1.82, 2.24) is 0 Å². The topological polar surface area (TPSA) is 99.4 Å². The maximum Gasteiger partial charge on any atom is 0.330 e. The number of carbonyl (C=O) groups is 2. The average molecular weight is 463 g/mol. The largest absolute Gasteiger partial charge is 0.492 e. The lowest BCUT2D eigenvalue weighted by atomic mass is 9.94. The van der Waals surface area contributed by atoms with E-state index in [1.807, 2.05) is 19.9 Å². The molecule has 0 unspecified atom stereocenters. The van der Waals surface area contributed by atoms with E-state index in [9.17, 15) is 14.9 Å². The number of rotatable bonds is 5. The summed E-state index contributed by atoms with van der Waals surface area (Å²) in [6.07, 6.45) is 0.659. The number of anilines is 1. The van der Waals surface area contributed by atoms with E-state index in [0.717, 1.165) is 22.4 Å². The summed E-state index contributed by atoms with van der Waals surface area (Å²) in [6, 6.07) is 12.4. The van der Waals surface area contributed by atoms with Crippen LogP contribution >= 0.6 is 0 Å². The normalized spacial score (nSPS) is 10.9. The SMILES string of the molecule is C=C(C)C(=O)Nc1cc(-c2ccc(C(C)C)cc2)c2c(c1C#N)CCO2.C=C(C)C(=O)O.CC. The Balaban J connectivity index is 0.000000631. The number of amides is 1. The van der Waals surface area contributed by atoms with E-state index in [2.05, 4.69) is 62.7 Å². The molecule has 180 valence electrons. The molecule has 0 saturated carbocycles. The predicted molar refractivity (Wildman–Crippen MR) is 137 cm³/mol. The third kappa shape index (κ3) is 7.08. The monoisotopic (exact) mass is 462 g/mol. The number of nitrogens with zero attached hydrogens (tertiary/aromatic N) is 1. The molecule has 2 N–H and O–H groups in total. The number of fused-ring (bicyclic) bond motifs is 1. The Bertz CT molecular complexity index is 1090. The molecule has 6 nitrogen and oxygen atoms in total. The first kappa shape index (κ1) is 28.2. The first-order valence-corrected chi connectivity index (χ1v) is 11.3. The van der Waals surface area contributed by atoms with Crippen LogP contribution in [0, 0.1) is 11.3 Å². The molecule has 0 radical (unpaired) electrons. The van der Waals surface area contributed by atoms with E-state index in [1.165, 1.54) is 12.5 Å². The highest BCUT2D eigenvalue weighted by Crippen LogP contribution is 2.42. The highest BCUT2D eigenvalue weighted by molar-refractivity contribution is 6.04. The Kier molecular flexibility index (Phi) is 10.8. The van der Waals surface area contributed by atoms with Gasteiger partial charge in [-0.2, -0.15) is 5.26 Å². The van der Waals surface area contributed by atoms with Crippen LogP contribution < -0.4 is 10.1 Å². The molecule has 34 heavy (non-hydrogen) atoms. The van der Waals surface area contributed by atoms with Crippen molar-refractivity contribution in [2.45, 2.75) is 53.9 Å². The predicted octanol–water partition coefficient (Wildman–Crippen LogP) is 6.47. The van der Waals surface area contributed by atoms with Crippen LogP contribution in [-0.4, -0.2) is 23.6 Å². The van der Waals surface area contributed by atoms with Crippen LogP contribution in [0.2, 0.25) is 0 Å². The molecule has 0 aromatic heterocycles. The van der Waals surface area contributed by atoms with Gasteiger partial charge >= 0.3 is 5.97 Å². The number of hydrogen-bond acceptors (Lipinski definition) is 4. The second-order valence-electron chi connectivity index (χ2n) is 7.96. The number of nitrogens with one attached hydrogen (secondary N) is 1. The van der Waals surface area contributed by atoms with E-state index < -0.39 is 5.97 Å². The fourth-order valence-corrected chi connectivity index (χ4v) is 3.10. The van der Waals surface area contributed by atoms with Crippen molar-refractivity contribution in [3.05, 3.63) is 71.3 Å². The first-order valence-electron chi connectivity index (χ1n) is 11.3. The zero-order valence-corrected chi connectivity index (χ0v) is 20.9. The van der Waals surface area contributed by atoms with Gasteiger partial charge in [0.1, 0.15) is 11.8 Å². The maximum absolute atomic E-state index is 12.1. The van der Waals surface area contributed by atoms with Gasteiger partial charge in [0, 0.05) is 28.7 Å². The van der Waals surface area contributed by atoms with Crippen LogP contribution in [0.5, 0.6) is 5.75 Å². The molecule has 0 fully saturated rings. The van der Waals surface area contributed by atoms with Gasteiger partial charge in [-0.1, -0.05) is 65.1 Å². The van der Waals surface area contributed by atoms with Crippen LogP contribution in [0.15, 0.2) is 54.6 Å². The van der Waals surface area contributed by atoms with Crippen molar-refractivity contribution in [3.8, 4) is 22.9 Å². The molecule has 1 aliphatic rings. The number of carboxylic acids is 1. The average Bonchev–Trinajstić information content (AvgIpc) is 3.30. The standard InChI is InChI=1S/C22H22N2O2.C4H6O2.C2H6/c1-13(2)15-5-7-16(8-6-15)18-11-20(24-22(25)14(3)4)19(12-23)17-9-10-26-21(17)18;1-3(2)4(5)6;1-2/h5-8,11,13H,3,9-10H2,1-2,4H3,(H,24,25);1H2,2H3,(H,5,6);1-2H3. The molecule has 1 aliphatic heterocycles. The smallest absolute Gasteiger partial charge is 0.330 e. The Morgan fingerprint density at radius 3 is 2.12 bits per heavy atom. The molecule has 1 heterocycles. The van der Waals surface area contributed by atoms with Crippen LogP contribution in [0.4, 0.5) is 5.69 Å². The van der Waals surface area contributed by atoms with Crippen molar-refractivity contribution in [2.75, 3.05) is 11.9 Å². The summed E-state index contributed by atoms with van der Waals surface area (Å²) in [5.41, 5.74) is 5.56. The van der Waals surface area contributed by atoms with Gasteiger partial charge in [0.05, 0.1) is 17.9 Å². The quantitative estimate of drug-likeness (QED) is 0.496. The minimum absolute atomic E-state index is 0.176. The van der Waals surface area contributed by atoms with Crippen molar-refractivity contribution in [1.29, 1.82) is 5.26 Å². The maximum atomic E-state index is 12.1. The molecular weight excluding hydrogens is 428 g/mol. The third-order valence-corrected chi connectivity index (χ3v) is 4.98. The third-order valence-electron chi connectivity index (χ3n) is 4.98. The van der Waals surface area contributed by atoms with Crippen molar-refractivity contribution in [2.24, 2.45) is 0 Å². The van der Waals surface area contributed by atoms with Gasteiger partial charge in [-0.05, 0) is 37.0 Å². The van der Waals surface area contributed by atoms with E-state index in [0.29, 0.717) is 35.8 Å². The van der Waals surface area contributed by atoms with E-state index in [-0.39, 0.29) is 11.5 Å². The number of ether oxygens (including phenoxy) is 1. The molecule has 3 rings (SSSR count). The number of carboxylic acid groups (broad SMARTS) is 1. The summed E-state index contributed by atoms with van der Waals surface area (Å²) in [5.74, 6) is -0.0268. The van der Waals surface area contributed by atoms with Crippen LogP contribution in [0.3, 0.4) is 0 Å². The first-order chi connectivity index (χ1) is 16.1. The lowest BCUT2D eigenvalue weighted by Crippen LogP contribution is -2.13. The number of carbonyl (C=O) groups excluding carboxylic acids is 1. The number of nitriles is 1. The second kappa shape index (κ2) is 13.0. The highest BCUT2D eigenvalue weighted by Gasteiger charge is 2.25. The van der Waals surface area contributed by atoms with Gasteiger partial charge in [0.25, 0.3) is 5.91 Å². The summed E-state index contributed by atoms with van der Waals surface area (Å²) < 4.78 is 5.83. The van der Waals surface area contributed by atoms with Crippen LogP contribution in [0.25, 0.3) is 11.1 Å².